The van der Waals surface area contributed by atoms with Crippen molar-refractivity contribution in [3.63, 3.8) is 0 Å². The van der Waals surface area contributed by atoms with Gasteiger partial charge >= 0.3 is 0 Å². The van der Waals surface area contributed by atoms with Crippen molar-refractivity contribution in [1.82, 2.24) is 4.98 Å². The minimum Gasteiger partial charge on any atom is -0.657 e. The number of aromatic nitrogens is 1. The summed E-state index contributed by atoms with van der Waals surface area (Å²) in [6, 6.07) is 43.6. The van der Waals surface area contributed by atoms with Gasteiger partial charge in [0, 0.05) is 45.1 Å². The number of rotatable bonds is 6. The Bertz CT molecular complexity index is 2150. The molecule has 7 aromatic rings. The van der Waals surface area contributed by atoms with E-state index in [1.165, 1.54) is 66.5 Å². The number of anilines is 4. The van der Waals surface area contributed by atoms with Gasteiger partial charge in [-0.25, -0.2) is 0 Å². The van der Waals surface area contributed by atoms with Crippen LogP contribution in [0.5, 0.6) is 0 Å². The molecule has 0 spiro atoms. The van der Waals surface area contributed by atoms with Crippen molar-refractivity contribution in [2.24, 2.45) is 0 Å². The molecule has 8 rings (SSSR count). The molecule has 1 aromatic heterocycles. The Hall–Kier alpha value is -4.28. The van der Waals surface area contributed by atoms with E-state index in [0.717, 1.165) is 11.0 Å². The van der Waals surface area contributed by atoms with Crippen molar-refractivity contribution in [1.29, 1.82) is 0 Å². The van der Waals surface area contributed by atoms with Crippen LogP contribution in [-0.4, -0.2) is 0 Å². The number of benzene rings is 6. The van der Waals surface area contributed by atoms with Gasteiger partial charge in [0.2, 0.25) is 0 Å². The van der Waals surface area contributed by atoms with Crippen molar-refractivity contribution in [2.45, 2.75) is 79.1 Å². The maximum absolute atomic E-state index is 4.67. The van der Waals surface area contributed by atoms with Crippen LogP contribution in [0.4, 0.5) is 22.7 Å². The van der Waals surface area contributed by atoms with Crippen molar-refractivity contribution < 1.29 is 22.4 Å². The average molecular weight is 853 g/mol. The maximum atomic E-state index is 4.67. The molecule has 4 heteroatoms. The Kier molecular flexibility index (Phi) is 10.8. The van der Waals surface area contributed by atoms with E-state index in [0.29, 0.717) is 23.7 Å². The van der Waals surface area contributed by atoms with Crippen LogP contribution >= 0.6 is 0 Å². The molecule has 3 nitrogen and oxygen atoms in total. The molecule has 1 radical (unpaired) electrons. The van der Waals surface area contributed by atoms with E-state index < -0.39 is 0 Å². The minimum absolute atomic E-state index is 0. The zero-order valence-corrected chi connectivity index (χ0v) is 33.2. The van der Waals surface area contributed by atoms with Crippen molar-refractivity contribution in [3.8, 4) is 0 Å². The summed E-state index contributed by atoms with van der Waals surface area (Å²) in [7, 11) is 0. The first kappa shape index (κ1) is 36.5. The topological polar surface area (TPSA) is 20.6 Å². The zero-order chi connectivity index (χ0) is 35.1. The first-order valence-electron chi connectivity index (χ1n) is 18.3. The minimum atomic E-state index is 0. The van der Waals surface area contributed by atoms with Gasteiger partial charge in [-0.05, 0) is 79.6 Å². The predicted molar refractivity (Wildman–Crippen MR) is 217 cm³/mol. The number of para-hydroxylation sites is 5. The molecular formula is C47H49AuN3-2. The molecule has 265 valence electrons. The maximum Gasteiger partial charge on any atom is 0.0345 e. The molecule has 1 aliphatic rings. The molecule has 0 amide bonds. The van der Waals surface area contributed by atoms with Gasteiger partial charge in [0.1, 0.15) is 0 Å². The van der Waals surface area contributed by atoms with Gasteiger partial charge in [-0.15, -0.1) is 17.7 Å². The number of nitrogens with zero attached hydrogens (tertiary/aromatic N) is 3. The van der Waals surface area contributed by atoms with Gasteiger partial charge < -0.3 is 14.8 Å². The van der Waals surface area contributed by atoms with Crippen LogP contribution in [0.3, 0.4) is 0 Å². The van der Waals surface area contributed by atoms with E-state index in [-0.39, 0.29) is 22.4 Å². The monoisotopic (exact) mass is 852 g/mol. The van der Waals surface area contributed by atoms with Gasteiger partial charge in [-0.2, -0.15) is 0 Å². The van der Waals surface area contributed by atoms with E-state index in [4.69, 9.17) is 0 Å². The second kappa shape index (κ2) is 15.1. The summed E-state index contributed by atoms with van der Waals surface area (Å²) < 4.78 is 0. The van der Waals surface area contributed by atoms with E-state index >= 15 is 0 Å². The predicted octanol–water partition coefficient (Wildman–Crippen LogP) is 13.7. The van der Waals surface area contributed by atoms with Crippen molar-refractivity contribution >= 4 is 55.3 Å². The Balaban J connectivity index is 0.000000207. The molecule has 0 aliphatic carbocycles. The Morgan fingerprint density at radius 1 is 0.431 bits per heavy atom. The second-order valence-electron chi connectivity index (χ2n) is 14.8. The smallest absolute Gasteiger partial charge is 0.0345 e. The van der Waals surface area contributed by atoms with Gasteiger partial charge in [-0.3, -0.25) is 0 Å². The Morgan fingerprint density at radius 3 is 1.35 bits per heavy atom. The second-order valence-corrected chi connectivity index (χ2v) is 14.8. The van der Waals surface area contributed by atoms with Crippen LogP contribution < -0.4 is 14.8 Å². The summed E-state index contributed by atoms with van der Waals surface area (Å²) in [5, 5.41) is 5.09. The Morgan fingerprint density at radius 2 is 0.863 bits per heavy atom. The normalized spacial score (nSPS) is 12.7. The summed E-state index contributed by atoms with van der Waals surface area (Å²) >= 11 is 0. The summed E-state index contributed by atoms with van der Waals surface area (Å²) in [6.07, 6.45) is 0. The van der Waals surface area contributed by atoms with Crippen LogP contribution in [-0.2, 0) is 22.4 Å². The molecule has 2 heterocycles. The Labute approximate surface area is 320 Å². The summed E-state index contributed by atoms with van der Waals surface area (Å²) in [4.78, 5) is 9.56. The fourth-order valence-electron chi connectivity index (χ4n) is 7.60. The standard InChI is InChI=1S/C31H39N2.C16H10N.Au/c1-20(2)24-13-11-14-25(21(3)4)30(24)32-19-33(29-18-10-9-17-28(29)32)31-26(22(5)6)15-12-16-27(31)23(7)8;1-2-6-12-11(5-1)9-10-15-16(12)13-7-3-4-8-14(13)17-15;/h9-23H,1-8H3;1-10H;/q2*-1;. The molecule has 6 aromatic carbocycles. The van der Waals surface area contributed by atoms with Gasteiger partial charge in [0.15, 0.2) is 0 Å². The van der Waals surface area contributed by atoms with Gasteiger partial charge in [0.05, 0.1) is 0 Å². The van der Waals surface area contributed by atoms with E-state index in [2.05, 4.69) is 192 Å². The molecule has 1 aliphatic heterocycles. The summed E-state index contributed by atoms with van der Waals surface area (Å²) in [5.74, 6) is 1.79. The van der Waals surface area contributed by atoms with Crippen molar-refractivity contribution in [2.75, 3.05) is 9.80 Å². The van der Waals surface area contributed by atoms with Crippen LogP contribution in [0.25, 0.3) is 32.6 Å². The molecule has 0 saturated heterocycles. The summed E-state index contributed by atoms with van der Waals surface area (Å²) in [6.45, 7) is 20.7. The number of fused-ring (bicyclic) bond motifs is 6. The quantitative estimate of drug-likeness (QED) is 0.123. The SMILES string of the molecule is CC(C)c1cccc(C(C)C)c1N1[CH-]N(c2c(C(C)C)cccc2C(C)C)c2ccccc21.[Au].c1ccc2c(c1)ccc1[n-]c3ccccc3c12. The molecular weight excluding hydrogens is 804 g/mol. The fraction of sp³-hybridized carbons (Fsp3) is 0.255. The average Bonchev–Trinajstić information content (AvgIpc) is 3.70. The molecule has 0 saturated carbocycles. The molecule has 0 unspecified atom stereocenters. The first-order valence-corrected chi connectivity index (χ1v) is 18.3. The van der Waals surface area contributed by atoms with Crippen LogP contribution in [0.2, 0.25) is 0 Å². The van der Waals surface area contributed by atoms with E-state index in [1.54, 1.807) is 0 Å². The first-order chi connectivity index (χ1) is 24.2. The molecule has 0 N–H and O–H groups in total. The van der Waals surface area contributed by atoms with Crippen LogP contribution in [0.1, 0.15) is 101 Å². The van der Waals surface area contributed by atoms with Crippen molar-refractivity contribution in [3.05, 3.63) is 150 Å². The van der Waals surface area contributed by atoms with E-state index in [9.17, 15) is 0 Å². The largest absolute Gasteiger partial charge is 0.657 e. The van der Waals surface area contributed by atoms with Gasteiger partial charge in [-0.1, -0.05) is 165 Å². The van der Waals surface area contributed by atoms with Gasteiger partial charge in [0.25, 0.3) is 0 Å². The summed E-state index contributed by atoms with van der Waals surface area (Å²) in [5.41, 5.74) is 12.9. The third-order valence-corrected chi connectivity index (χ3v) is 10.1. The number of hydrogen-bond acceptors (Lipinski definition) is 2. The molecule has 51 heavy (non-hydrogen) atoms. The third-order valence-electron chi connectivity index (χ3n) is 10.1. The fourth-order valence-corrected chi connectivity index (χ4v) is 7.60. The number of hydrogen-bond donors (Lipinski definition) is 0. The molecule has 0 fully saturated rings. The van der Waals surface area contributed by atoms with Crippen LogP contribution in [0.15, 0.2) is 121 Å². The third kappa shape index (κ3) is 6.76. The molecule has 0 bridgehead atoms. The van der Waals surface area contributed by atoms with Crippen LogP contribution in [0, 0.1) is 6.67 Å². The zero-order valence-electron chi connectivity index (χ0n) is 31.1. The van der Waals surface area contributed by atoms with E-state index in [1.807, 2.05) is 6.07 Å². The molecule has 0 atom stereocenters.